The Bertz CT molecular complexity index is 316. The van der Waals surface area contributed by atoms with E-state index in [0.29, 0.717) is 0 Å². The average molecular weight is 204 g/mol. The Kier molecular flexibility index (Phi) is 5.08. The van der Waals surface area contributed by atoms with Crippen LogP contribution in [0, 0.1) is 0 Å². The number of hydrogen-bond acceptors (Lipinski definition) is 6. The molecular formula is C7H12N2O5. The van der Waals surface area contributed by atoms with Gasteiger partial charge in [-0.2, -0.15) is 0 Å². The first-order valence-electron chi connectivity index (χ1n) is 3.00. The molecule has 10 N–H and O–H groups in total. The molecule has 14 heavy (non-hydrogen) atoms. The number of aromatic hydroxyl groups is 3. The number of carboxylic acids is 1. The van der Waals surface area contributed by atoms with E-state index in [1.54, 1.807) is 0 Å². The highest BCUT2D eigenvalue weighted by Crippen LogP contribution is 2.35. The van der Waals surface area contributed by atoms with Gasteiger partial charge in [-0.15, -0.1) is 0 Å². The van der Waals surface area contributed by atoms with Gasteiger partial charge in [0.1, 0.15) is 0 Å². The Morgan fingerprint density at radius 2 is 1.36 bits per heavy atom. The summed E-state index contributed by atoms with van der Waals surface area (Å²) in [6.07, 6.45) is 0. The lowest BCUT2D eigenvalue weighted by molar-refractivity contribution is 0.0696. The maximum atomic E-state index is 10.3. The van der Waals surface area contributed by atoms with E-state index in [0.717, 1.165) is 12.1 Å². The zero-order valence-electron chi connectivity index (χ0n) is 7.27. The largest absolute Gasteiger partial charge is 0.504 e. The van der Waals surface area contributed by atoms with Crippen LogP contribution in [0.25, 0.3) is 0 Å². The van der Waals surface area contributed by atoms with Gasteiger partial charge in [0.15, 0.2) is 17.2 Å². The van der Waals surface area contributed by atoms with Crippen LogP contribution in [0.5, 0.6) is 17.2 Å². The third-order valence-corrected chi connectivity index (χ3v) is 1.32. The minimum Gasteiger partial charge on any atom is -0.504 e. The molecular weight excluding hydrogens is 192 g/mol. The molecule has 7 nitrogen and oxygen atoms in total. The predicted octanol–water partition coefficient (Wildman–Crippen LogP) is 0.826. The summed E-state index contributed by atoms with van der Waals surface area (Å²) < 4.78 is 0. The first kappa shape index (κ1) is 14.5. The lowest BCUT2D eigenvalue weighted by Gasteiger charge is -2.01. The molecule has 0 bridgehead atoms. The molecule has 0 saturated heterocycles. The molecule has 0 heterocycles. The summed E-state index contributed by atoms with van der Waals surface area (Å²) in [4.78, 5) is 10.3. The first-order chi connectivity index (χ1) is 5.52. The molecule has 1 aromatic carbocycles. The molecule has 0 aliphatic carbocycles. The van der Waals surface area contributed by atoms with Crippen LogP contribution in [-0.4, -0.2) is 26.4 Å². The number of phenolic OH excluding ortho intramolecular Hbond substituents is 3. The second-order valence-corrected chi connectivity index (χ2v) is 2.17. The second kappa shape index (κ2) is 4.90. The van der Waals surface area contributed by atoms with Gasteiger partial charge in [-0.3, -0.25) is 0 Å². The van der Waals surface area contributed by atoms with Gasteiger partial charge in [0.2, 0.25) is 0 Å². The quantitative estimate of drug-likeness (QED) is 0.368. The van der Waals surface area contributed by atoms with Crippen molar-refractivity contribution in [3.8, 4) is 17.2 Å². The minimum absolute atomic E-state index is 0. The fourth-order valence-electron chi connectivity index (χ4n) is 0.728. The van der Waals surface area contributed by atoms with Crippen molar-refractivity contribution in [2.75, 3.05) is 0 Å². The highest BCUT2D eigenvalue weighted by Gasteiger charge is 2.11. The van der Waals surface area contributed by atoms with Crippen molar-refractivity contribution >= 4 is 5.97 Å². The Morgan fingerprint density at radius 3 is 1.64 bits per heavy atom. The standard InChI is InChI=1S/C7H6O5.2H3N/c8-4-1-3(7(11)12)2-5(9)6(4)10;;/h1-2,8-10H,(H,11,12);2*1H3. The highest BCUT2D eigenvalue weighted by molar-refractivity contribution is 5.89. The third-order valence-electron chi connectivity index (χ3n) is 1.32. The molecule has 80 valence electrons. The van der Waals surface area contributed by atoms with Gasteiger partial charge in [0.05, 0.1) is 5.56 Å². The van der Waals surface area contributed by atoms with Crippen LogP contribution in [-0.2, 0) is 0 Å². The van der Waals surface area contributed by atoms with Crippen molar-refractivity contribution in [1.82, 2.24) is 12.3 Å². The SMILES string of the molecule is N.N.O=C(O)c1cc(O)c(O)c(O)c1. The number of carbonyl (C=O) groups is 1. The van der Waals surface area contributed by atoms with E-state index in [4.69, 9.17) is 20.4 Å². The van der Waals surface area contributed by atoms with Gasteiger partial charge in [-0.1, -0.05) is 0 Å². The van der Waals surface area contributed by atoms with Crippen molar-refractivity contribution in [2.45, 2.75) is 0 Å². The molecule has 0 amide bonds. The van der Waals surface area contributed by atoms with Crippen LogP contribution in [0.4, 0.5) is 0 Å². The zero-order chi connectivity index (χ0) is 9.30. The molecule has 1 aromatic rings. The Morgan fingerprint density at radius 1 is 1.00 bits per heavy atom. The summed E-state index contributed by atoms with van der Waals surface area (Å²) in [5, 5.41) is 35.0. The van der Waals surface area contributed by atoms with Gasteiger partial charge in [0.25, 0.3) is 0 Å². The van der Waals surface area contributed by atoms with E-state index in [1.165, 1.54) is 0 Å². The van der Waals surface area contributed by atoms with E-state index in [2.05, 4.69) is 0 Å². The number of aromatic carboxylic acids is 1. The molecule has 0 aliphatic heterocycles. The van der Waals surface area contributed by atoms with E-state index in [1.807, 2.05) is 0 Å². The van der Waals surface area contributed by atoms with Crippen LogP contribution >= 0.6 is 0 Å². The number of hydrogen-bond donors (Lipinski definition) is 6. The Hall–Kier alpha value is -1.99. The van der Waals surface area contributed by atoms with Crippen molar-refractivity contribution in [2.24, 2.45) is 0 Å². The van der Waals surface area contributed by atoms with Gasteiger partial charge in [-0.05, 0) is 12.1 Å². The van der Waals surface area contributed by atoms with Gasteiger partial charge >= 0.3 is 5.97 Å². The molecule has 1 rings (SSSR count). The molecule has 0 aliphatic rings. The van der Waals surface area contributed by atoms with E-state index < -0.39 is 23.2 Å². The van der Waals surface area contributed by atoms with Crippen molar-refractivity contribution in [3.63, 3.8) is 0 Å². The molecule has 0 saturated carbocycles. The summed E-state index contributed by atoms with van der Waals surface area (Å²) >= 11 is 0. The van der Waals surface area contributed by atoms with Crippen molar-refractivity contribution in [3.05, 3.63) is 17.7 Å². The van der Waals surface area contributed by atoms with Gasteiger partial charge in [0, 0.05) is 0 Å². The Labute approximate surface area is 79.4 Å². The maximum Gasteiger partial charge on any atom is 0.335 e. The van der Waals surface area contributed by atoms with Gasteiger partial charge < -0.3 is 32.7 Å². The molecule has 0 aromatic heterocycles. The number of carboxylic acid groups (broad SMARTS) is 1. The molecule has 0 unspecified atom stereocenters. The predicted molar refractivity (Wildman–Crippen MR) is 48.4 cm³/mol. The smallest absolute Gasteiger partial charge is 0.335 e. The van der Waals surface area contributed by atoms with E-state index in [9.17, 15) is 4.79 Å². The Balaban J connectivity index is 0. The van der Waals surface area contributed by atoms with E-state index in [-0.39, 0.29) is 17.9 Å². The maximum absolute atomic E-state index is 10.3. The molecule has 7 heteroatoms. The number of rotatable bonds is 1. The lowest BCUT2D eigenvalue weighted by atomic mass is 10.2. The normalized spacial score (nSPS) is 8.29. The van der Waals surface area contributed by atoms with E-state index >= 15 is 0 Å². The fraction of sp³-hybridized carbons (Fsp3) is 0. The fourth-order valence-corrected chi connectivity index (χ4v) is 0.728. The van der Waals surface area contributed by atoms with Crippen molar-refractivity contribution in [1.29, 1.82) is 0 Å². The summed E-state index contributed by atoms with van der Waals surface area (Å²) in [7, 11) is 0. The molecule has 0 radical (unpaired) electrons. The summed E-state index contributed by atoms with van der Waals surface area (Å²) in [6.45, 7) is 0. The summed E-state index contributed by atoms with van der Waals surface area (Å²) in [5.41, 5.74) is -0.289. The van der Waals surface area contributed by atoms with Crippen LogP contribution in [0.2, 0.25) is 0 Å². The highest BCUT2D eigenvalue weighted by atomic mass is 16.4. The monoisotopic (exact) mass is 204 g/mol. The van der Waals surface area contributed by atoms with Crippen LogP contribution in [0.1, 0.15) is 10.4 Å². The molecule has 0 fully saturated rings. The third kappa shape index (κ3) is 2.51. The number of benzene rings is 1. The topological polar surface area (TPSA) is 168 Å². The average Bonchev–Trinajstić information content (AvgIpc) is 1.99. The minimum atomic E-state index is -1.29. The molecule has 0 spiro atoms. The van der Waals surface area contributed by atoms with Gasteiger partial charge in [-0.25, -0.2) is 4.79 Å². The second-order valence-electron chi connectivity index (χ2n) is 2.17. The number of phenols is 3. The van der Waals surface area contributed by atoms with Crippen LogP contribution < -0.4 is 12.3 Å². The van der Waals surface area contributed by atoms with Crippen molar-refractivity contribution < 1.29 is 25.2 Å². The lowest BCUT2D eigenvalue weighted by Crippen LogP contribution is -1.95. The first-order valence-corrected chi connectivity index (χ1v) is 3.00. The van der Waals surface area contributed by atoms with Crippen LogP contribution in [0.3, 0.4) is 0 Å². The molecule has 0 atom stereocenters. The summed E-state index contributed by atoms with van der Waals surface area (Å²) in [6, 6.07) is 1.69. The zero-order valence-corrected chi connectivity index (χ0v) is 7.27. The summed E-state index contributed by atoms with van der Waals surface area (Å²) in [5.74, 6) is -3.33. The van der Waals surface area contributed by atoms with Crippen LogP contribution in [0.15, 0.2) is 12.1 Å².